The largest absolute Gasteiger partial charge is 0.459 e. The molecule has 0 saturated heterocycles. The molecule has 0 aromatic heterocycles. The topological polar surface area (TPSA) is 105 Å². The lowest BCUT2D eigenvalue weighted by molar-refractivity contribution is -0.167. The summed E-state index contributed by atoms with van der Waals surface area (Å²) in [6, 6.07) is 0. The number of carbonyl (C=O) groups is 4. The van der Waals surface area contributed by atoms with E-state index in [0.29, 0.717) is 6.42 Å². The predicted octanol–water partition coefficient (Wildman–Crippen LogP) is 1.62. The van der Waals surface area contributed by atoms with Gasteiger partial charge in [0, 0.05) is 39.7 Å². The van der Waals surface area contributed by atoms with Crippen LogP contribution in [-0.4, -0.2) is 48.3 Å². The molecular formula is C18H24O8. The molecule has 0 unspecified atom stereocenters. The molecule has 26 heavy (non-hydrogen) atoms. The van der Waals surface area contributed by atoms with Crippen molar-refractivity contribution in [2.24, 2.45) is 0 Å². The Bertz CT molecular complexity index is 592. The van der Waals surface area contributed by atoms with Crippen LogP contribution in [0.3, 0.4) is 0 Å². The number of rotatable bonds is 8. The second-order valence-electron chi connectivity index (χ2n) is 5.84. The molecule has 144 valence electrons. The van der Waals surface area contributed by atoms with E-state index in [0.717, 1.165) is 0 Å². The van der Waals surface area contributed by atoms with Crippen molar-refractivity contribution in [1.29, 1.82) is 0 Å². The van der Waals surface area contributed by atoms with E-state index in [2.05, 4.69) is 0 Å². The quantitative estimate of drug-likeness (QED) is 0.361. The molecule has 1 aliphatic heterocycles. The number of hydrogen-bond donors (Lipinski definition) is 0. The van der Waals surface area contributed by atoms with Crippen molar-refractivity contribution in [1.82, 2.24) is 0 Å². The summed E-state index contributed by atoms with van der Waals surface area (Å²) in [5.41, 5.74) is 0. The summed E-state index contributed by atoms with van der Waals surface area (Å²) in [5, 5.41) is 0. The van der Waals surface area contributed by atoms with Gasteiger partial charge >= 0.3 is 23.9 Å². The van der Waals surface area contributed by atoms with Gasteiger partial charge in [-0.05, 0) is 19.1 Å². The van der Waals surface area contributed by atoms with E-state index in [1.54, 1.807) is 25.2 Å². The molecule has 0 fully saturated rings. The molecule has 0 bridgehead atoms. The lowest BCUT2D eigenvalue weighted by atomic mass is 10.1. The van der Waals surface area contributed by atoms with Crippen LogP contribution in [0.4, 0.5) is 0 Å². The van der Waals surface area contributed by atoms with Crippen molar-refractivity contribution in [2.75, 3.05) is 0 Å². The highest BCUT2D eigenvalue weighted by Gasteiger charge is 2.27. The predicted molar refractivity (Wildman–Crippen MR) is 89.7 cm³/mol. The van der Waals surface area contributed by atoms with Crippen LogP contribution in [0.15, 0.2) is 24.3 Å². The zero-order valence-corrected chi connectivity index (χ0v) is 15.3. The summed E-state index contributed by atoms with van der Waals surface area (Å²) in [6.07, 6.45) is 4.04. The van der Waals surface area contributed by atoms with Gasteiger partial charge in [-0.25, -0.2) is 4.79 Å². The van der Waals surface area contributed by atoms with Gasteiger partial charge in [-0.2, -0.15) is 0 Å². The van der Waals surface area contributed by atoms with Crippen LogP contribution >= 0.6 is 0 Å². The second kappa shape index (κ2) is 10.4. The molecule has 0 aromatic rings. The van der Waals surface area contributed by atoms with E-state index in [9.17, 15) is 19.2 Å². The Balaban J connectivity index is 2.84. The first-order chi connectivity index (χ1) is 12.2. The molecule has 8 nitrogen and oxygen atoms in total. The molecule has 1 aliphatic rings. The Morgan fingerprint density at radius 1 is 1.15 bits per heavy atom. The summed E-state index contributed by atoms with van der Waals surface area (Å²) in [5.74, 6) is -2.04. The minimum Gasteiger partial charge on any atom is -0.459 e. The molecule has 0 aliphatic carbocycles. The Kier molecular flexibility index (Phi) is 8.54. The molecular weight excluding hydrogens is 344 g/mol. The van der Waals surface area contributed by atoms with Crippen LogP contribution < -0.4 is 0 Å². The highest BCUT2D eigenvalue weighted by Crippen LogP contribution is 2.17. The standard InChI is InChI=1S/C18H24O8/c1-11(23-12(2)19)17(25-14(4)21)10-16(24-13(3)20)9-8-15-6-5-7-18(22)26-15/h5,7-9,11,15-17H,6,10H2,1-4H3/t11-,15-,16-,17-/m0/s1. The maximum atomic E-state index is 11.4. The molecule has 0 amide bonds. The van der Waals surface area contributed by atoms with E-state index in [1.807, 2.05) is 0 Å². The average Bonchev–Trinajstić information content (AvgIpc) is 2.50. The number of hydrogen-bond acceptors (Lipinski definition) is 8. The van der Waals surface area contributed by atoms with Crippen LogP contribution in [-0.2, 0) is 38.1 Å². The first-order valence-electron chi connectivity index (χ1n) is 8.24. The fourth-order valence-corrected chi connectivity index (χ4v) is 2.40. The Morgan fingerprint density at radius 2 is 1.77 bits per heavy atom. The molecule has 4 atom stereocenters. The zero-order chi connectivity index (χ0) is 19.7. The smallest absolute Gasteiger partial charge is 0.331 e. The molecule has 0 saturated carbocycles. The lowest BCUT2D eigenvalue weighted by Crippen LogP contribution is -2.36. The molecule has 0 radical (unpaired) electrons. The lowest BCUT2D eigenvalue weighted by Gasteiger charge is -2.26. The van der Waals surface area contributed by atoms with Gasteiger partial charge in [0.25, 0.3) is 0 Å². The number of cyclic esters (lactones) is 1. The van der Waals surface area contributed by atoms with Gasteiger partial charge in [0.05, 0.1) is 0 Å². The van der Waals surface area contributed by atoms with Crippen LogP contribution in [0.1, 0.15) is 40.5 Å². The summed E-state index contributed by atoms with van der Waals surface area (Å²) in [6.45, 7) is 5.31. The van der Waals surface area contributed by atoms with Crippen LogP contribution in [0.25, 0.3) is 0 Å². The minimum atomic E-state index is -0.806. The normalized spacial score (nSPS) is 20.0. The fraction of sp³-hybridized carbons (Fsp3) is 0.556. The summed E-state index contributed by atoms with van der Waals surface area (Å²) in [7, 11) is 0. The average molecular weight is 368 g/mol. The Hall–Kier alpha value is -2.64. The zero-order valence-electron chi connectivity index (χ0n) is 15.3. The fourth-order valence-electron chi connectivity index (χ4n) is 2.40. The van der Waals surface area contributed by atoms with Crippen molar-refractivity contribution in [3.63, 3.8) is 0 Å². The van der Waals surface area contributed by atoms with E-state index < -0.39 is 48.3 Å². The van der Waals surface area contributed by atoms with E-state index >= 15 is 0 Å². The molecule has 0 spiro atoms. The van der Waals surface area contributed by atoms with Gasteiger partial charge in [-0.1, -0.05) is 6.08 Å². The molecule has 8 heteroatoms. The van der Waals surface area contributed by atoms with Gasteiger partial charge in [0.2, 0.25) is 0 Å². The third-order valence-corrected chi connectivity index (χ3v) is 3.40. The highest BCUT2D eigenvalue weighted by molar-refractivity contribution is 5.82. The van der Waals surface area contributed by atoms with E-state index in [4.69, 9.17) is 18.9 Å². The van der Waals surface area contributed by atoms with Crippen molar-refractivity contribution in [2.45, 2.75) is 65.0 Å². The van der Waals surface area contributed by atoms with Crippen molar-refractivity contribution in [3.05, 3.63) is 24.3 Å². The van der Waals surface area contributed by atoms with Gasteiger partial charge in [-0.15, -0.1) is 0 Å². The van der Waals surface area contributed by atoms with Gasteiger partial charge < -0.3 is 18.9 Å². The first kappa shape index (κ1) is 21.4. The third-order valence-electron chi connectivity index (χ3n) is 3.40. The van der Waals surface area contributed by atoms with Crippen molar-refractivity contribution in [3.8, 4) is 0 Å². The summed E-state index contributed by atoms with van der Waals surface area (Å²) < 4.78 is 20.6. The van der Waals surface area contributed by atoms with Gasteiger partial charge in [0.15, 0.2) is 0 Å². The van der Waals surface area contributed by atoms with E-state index in [-0.39, 0.29) is 6.42 Å². The maximum absolute atomic E-state index is 11.4. The van der Waals surface area contributed by atoms with Gasteiger partial charge in [-0.3, -0.25) is 14.4 Å². The van der Waals surface area contributed by atoms with Crippen molar-refractivity contribution >= 4 is 23.9 Å². The number of ether oxygens (including phenoxy) is 4. The monoisotopic (exact) mass is 368 g/mol. The van der Waals surface area contributed by atoms with Crippen LogP contribution in [0.5, 0.6) is 0 Å². The van der Waals surface area contributed by atoms with Crippen LogP contribution in [0, 0.1) is 0 Å². The maximum Gasteiger partial charge on any atom is 0.331 e. The SMILES string of the molecule is CC(=O)O[C@@H](C)[C@H](C[C@H](C=C[C@@H]1CC=CC(=O)O1)OC(C)=O)OC(C)=O. The third kappa shape index (κ3) is 8.46. The minimum absolute atomic E-state index is 0.0839. The Labute approximate surface area is 152 Å². The molecule has 0 N–H and O–H groups in total. The summed E-state index contributed by atoms with van der Waals surface area (Å²) in [4.78, 5) is 45.1. The van der Waals surface area contributed by atoms with Gasteiger partial charge in [0.1, 0.15) is 24.4 Å². The van der Waals surface area contributed by atoms with Crippen molar-refractivity contribution < 1.29 is 38.1 Å². The number of carbonyl (C=O) groups excluding carboxylic acids is 4. The first-order valence-corrected chi connectivity index (χ1v) is 8.24. The number of esters is 4. The molecule has 1 rings (SSSR count). The molecule has 0 aromatic carbocycles. The van der Waals surface area contributed by atoms with Crippen LogP contribution in [0.2, 0.25) is 0 Å². The van der Waals surface area contributed by atoms with E-state index in [1.165, 1.54) is 26.8 Å². The highest BCUT2D eigenvalue weighted by atomic mass is 16.6. The molecule has 1 heterocycles. The Morgan fingerprint density at radius 3 is 2.31 bits per heavy atom. The summed E-state index contributed by atoms with van der Waals surface area (Å²) >= 11 is 0. The second-order valence-corrected chi connectivity index (χ2v) is 5.84.